The highest BCUT2D eigenvalue weighted by Crippen LogP contribution is 2.15. The number of hydrogen-bond donors (Lipinski definition) is 15. The molecule has 456 valence electrons. The van der Waals surface area contributed by atoms with Gasteiger partial charge in [0.25, 0.3) is 0 Å². The number of aliphatic hydroxyl groups is 1. The molecule has 0 bridgehead atoms. The van der Waals surface area contributed by atoms with Crippen molar-refractivity contribution in [2.75, 3.05) is 18.6 Å². The molecular weight excluding hydrogens is 1070 g/mol. The number of carbonyl (C=O) groups is 13. The lowest BCUT2D eigenvalue weighted by atomic mass is 9.96. The molecule has 10 amide bonds. The van der Waals surface area contributed by atoms with Crippen molar-refractivity contribution >= 4 is 88.7 Å². The van der Waals surface area contributed by atoms with Crippen LogP contribution in [0.4, 0.5) is 0 Å². The highest BCUT2D eigenvalue weighted by Gasteiger charge is 2.38. The van der Waals surface area contributed by atoms with Crippen molar-refractivity contribution in [1.82, 2.24) is 47.9 Å². The largest absolute Gasteiger partial charge is 0.481 e. The maximum atomic E-state index is 14.1. The zero-order chi connectivity index (χ0) is 61.7. The average Bonchev–Trinajstić information content (AvgIpc) is 3.37. The highest BCUT2D eigenvalue weighted by atomic mass is 32.2. The third-order valence-electron chi connectivity index (χ3n) is 12.9. The van der Waals surface area contributed by atoms with E-state index in [4.69, 9.17) is 16.6 Å². The number of hydrogen-bond acceptors (Lipinski definition) is 16. The van der Waals surface area contributed by atoms with E-state index in [1.807, 2.05) is 0 Å². The summed E-state index contributed by atoms with van der Waals surface area (Å²) >= 11 is 1.31. The first-order valence-electron chi connectivity index (χ1n) is 26.8. The molecule has 0 spiro atoms. The molecule has 0 aromatic heterocycles. The smallest absolute Gasteiger partial charge is 0.326 e. The highest BCUT2D eigenvalue weighted by molar-refractivity contribution is 7.98. The van der Waals surface area contributed by atoms with Crippen LogP contribution in [0.15, 0.2) is 0 Å². The molecule has 0 heterocycles. The van der Waals surface area contributed by atoms with E-state index in [0.29, 0.717) is 12.8 Å². The quantitative estimate of drug-likeness (QED) is 0.0314. The molecule has 80 heavy (non-hydrogen) atoms. The second-order valence-corrected chi connectivity index (χ2v) is 22.0. The minimum atomic E-state index is -1.70. The number of aliphatic carboxylic acids is 3. The van der Waals surface area contributed by atoms with Gasteiger partial charge in [0.05, 0.1) is 19.1 Å². The summed E-state index contributed by atoms with van der Waals surface area (Å²) in [5.74, 6) is -15.3. The maximum Gasteiger partial charge on any atom is 0.326 e. The lowest BCUT2D eigenvalue weighted by Gasteiger charge is -2.30. The molecule has 0 aromatic rings. The zero-order valence-electron chi connectivity index (χ0n) is 47.8. The van der Waals surface area contributed by atoms with E-state index in [0.717, 1.165) is 0 Å². The number of primary amides is 1. The van der Waals surface area contributed by atoms with Crippen LogP contribution in [-0.2, 0) is 62.3 Å². The Hall–Kier alpha value is -6.62. The van der Waals surface area contributed by atoms with Crippen LogP contribution in [-0.4, -0.2) is 176 Å². The van der Waals surface area contributed by atoms with E-state index >= 15 is 0 Å². The van der Waals surface area contributed by atoms with Crippen LogP contribution in [0.25, 0.3) is 0 Å². The van der Waals surface area contributed by atoms with Crippen LogP contribution in [0.3, 0.4) is 0 Å². The summed E-state index contributed by atoms with van der Waals surface area (Å²) in [6, 6.07) is -14.4. The van der Waals surface area contributed by atoms with Crippen LogP contribution in [0.1, 0.15) is 133 Å². The standard InChI is InChI=1S/C51H89N11O17S/c1-12-27(9)40(61-42(69)29(52)14-16-37(65)66)49(76)55-30(15-17-38(67)68)43(70)54-31(18-19-80-11)44(71)60-39(26(7)8)48(75)56-33(21-25(5)6)46(73)59-35(23-63)47(74)62-41(28(10)13-2)50(77)57-32(20-24(3)4)45(72)58-34(51(78)79)22-36(53)64/h24-35,39-41,63H,12-23,52H2,1-11H3,(H2,53,64)(H,54,70)(H,55,76)(H,56,75)(H,57,77)(H,58,72)(H,59,73)(H,60,71)(H,61,69)(H,62,74)(H,65,66)(H,67,68)(H,78,79)/t27-,28-,29-,30-,31-,32-,33-,34-,35-,39-,40-,41-/m0/s1. The molecule has 29 heteroatoms. The van der Waals surface area contributed by atoms with Gasteiger partial charge in [-0.1, -0.05) is 82.1 Å². The van der Waals surface area contributed by atoms with Gasteiger partial charge in [-0.05, 0) is 73.7 Å². The maximum absolute atomic E-state index is 14.1. The van der Waals surface area contributed by atoms with Crippen molar-refractivity contribution < 1.29 is 82.8 Å². The number of rotatable bonds is 40. The van der Waals surface area contributed by atoms with Crippen molar-refractivity contribution in [2.45, 2.75) is 194 Å². The summed E-state index contributed by atoms with van der Waals surface area (Å²) in [4.78, 5) is 170. The first-order chi connectivity index (χ1) is 37.2. The molecule has 17 N–H and O–H groups in total. The molecule has 0 fully saturated rings. The Bertz CT molecular complexity index is 2130. The van der Waals surface area contributed by atoms with Crippen LogP contribution >= 0.6 is 11.8 Å². The van der Waals surface area contributed by atoms with Gasteiger partial charge in [0.15, 0.2) is 0 Å². The van der Waals surface area contributed by atoms with Gasteiger partial charge in [-0.15, -0.1) is 0 Å². The van der Waals surface area contributed by atoms with Gasteiger partial charge in [0.2, 0.25) is 59.1 Å². The number of thioether (sulfide) groups is 1. The van der Waals surface area contributed by atoms with Gasteiger partial charge < -0.3 is 79.7 Å². The van der Waals surface area contributed by atoms with Gasteiger partial charge >= 0.3 is 17.9 Å². The van der Waals surface area contributed by atoms with E-state index in [2.05, 4.69) is 47.9 Å². The molecule has 0 aliphatic heterocycles. The molecule has 0 rings (SSSR count). The summed E-state index contributed by atoms with van der Waals surface area (Å²) in [5, 5.41) is 60.9. The topological polar surface area (TPSA) is 463 Å². The van der Waals surface area contributed by atoms with Gasteiger partial charge in [0, 0.05) is 12.8 Å². The molecule has 0 aliphatic carbocycles. The lowest BCUT2D eigenvalue weighted by Crippen LogP contribution is -2.62. The zero-order valence-corrected chi connectivity index (χ0v) is 48.6. The van der Waals surface area contributed by atoms with Crippen LogP contribution in [0, 0.1) is 29.6 Å². The van der Waals surface area contributed by atoms with Crippen molar-refractivity contribution in [1.29, 1.82) is 0 Å². The number of amides is 10. The Balaban J connectivity index is 6.62. The first-order valence-corrected chi connectivity index (χ1v) is 28.2. The molecule has 12 atom stereocenters. The second kappa shape index (κ2) is 37.3. The van der Waals surface area contributed by atoms with E-state index < -0.39 is 187 Å². The van der Waals surface area contributed by atoms with Gasteiger partial charge in [0.1, 0.15) is 54.4 Å². The summed E-state index contributed by atoms with van der Waals surface area (Å²) in [7, 11) is 0. The predicted molar refractivity (Wildman–Crippen MR) is 293 cm³/mol. The van der Waals surface area contributed by atoms with E-state index in [1.54, 1.807) is 75.5 Å². The van der Waals surface area contributed by atoms with Crippen LogP contribution in [0.5, 0.6) is 0 Å². The van der Waals surface area contributed by atoms with E-state index in [9.17, 15) is 77.6 Å². The molecule has 0 aliphatic rings. The second-order valence-electron chi connectivity index (χ2n) is 21.0. The molecule has 28 nitrogen and oxygen atoms in total. The van der Waals surface area contributed by atoms with Crippen molar-refractivity contribution in [3.8, 4) is 0 Å². The molecule has 0 aromatic carbocycles. The predicted octanol–water partition coefficient (Wildman–Crippen LogP) is -2.05. The fourth-order valence-electron chi connectivity index (χ4n) is 7.76. The monoisotopic (exact) mass is 1160 g/mol. The number of carboxylic acids is 3. The summed E-state index contributed by atoms with van der Waals surface area (Å²) in [5.41, 5.74) is 11.0. The summed E-state index contributed by atoms with van der Waals surface area (Å²) in [6.07, 6.45) is -0.106. The van der Waals surface area contributed by atoms with Gasteiger partial charge in [-0.25, -0.2) is 4.79 Å². The first kappa shape index (κ1) is 73.4. The van der Waals surface area contributed by atoms with Crippen LogP contribution in [0.2, 0.25) is 0 Å². The fourth-order valence-corrected chi connectivity index (χ4v) is 8.23. The molecule has 0 unspecified atom stereocenters. The Morgan fingerprint density at radius 1 is 0.450 bits per heavy atom. The van der Waals surface area contributed by atoms with Crippen molar-refractivity contribution in [3.05, 3.63) is 0 Å². The number of nitrogens with one attached hydrogen (secondary N) is 9. The van der Waals surface area contributed by atoms with Crippen molar-refractivity contribution in [2.24, 2.45) is 41.1 Å². The third kappa shape index (κ3) is 27.5. The van der Waals surface area contributed by atoms with E-state index in [1.165, 1.54) is 11.8 Å². The normalized spacial score (nSPS) is 15.8. The van der Waals surface area contributed by atoms with Crippen LogP contribution < -0.4 is 59.3 Å². The Labute approximate surface area is 471 Å². The molecular formula is C51H89N11O17S. The van der Waals surface area contributed by atoms with Gasteiger partial charge in [-0.2, -0.15) is 11.8 Å². The molecule has 0 saturated carbocycles. The number of carbonyl (C=O) groups excluding carboxylic acids is 10. The summed E-state index contributed by atoms with van der Waals surface area (Å²) in [6.45, 7) is 15.8. The minimum Gasteiger partial charge on any atom is -0.481 e. The molecule has 0 radical (unpaired) electrons. The number of aliphatic hydroxyl groups excluding tert-OH is 1. The lowest BCUT2D eigenvalue weighted by molar-refractivity contribution is -0.144. The summed E-state index contributed by atoms with van der Waals surface area (Å²) < 4.78 is 0. The Morgan fingerprint density at radius 2 is 0.800 bits per heavy atom. The molecule has 0 saturated heterocycles. The minimum absolute atomic E-state index is 0.0101. The Morgan fingerprint density at radius 3 is 1.20 bits per heavy atom. The van der Waals surface area contributed by atoms with E-state index in [-0.39, 0.29) is 43.3 Å². The third-order valence-corrected chi connectivity index (χ3v) is 13.5. The Kier molecular flexibility index (Phi) is 34.3. The van der Waals surface area contributed by atoms with Crippen molar-refractivity contribution in [3.63, 3.8) is 0 Å². The number of nitrogens with two attached hydrogens (primary N) is 2. The number of carboxylic acid groups (broad SMARTS) is 3. The SMILES string of the molecule is CC[C@H](C)[C@H](NC(=O)[C@H](CO)NC(=O)[C@H](CC(C)C)NC(=O)[C@@H](NC(=O)[C@H](CCSC)NC(=O)[C@H](CCC(=O)O)NC(=O)[C@@H](NC(=O)[C@@H](N)CCC(=O)O)[C@@H](C)CC)C(C)C)C(=O)N[C@@H](CC(C)C)C(=O)N[C@@H](CC(N)=O)C(=O)O. The fraction of sp³-hybridized carbons (Fsp3) is 0.745. The van der Waals surface area contributed by atoms with Gasteiger partial charge in [-0.3, -0.25) is 57.5 Å². The average molecular weight is 1160 g/mol.